The predicted molar refractivity (Wildman–Crippen MR) is 88.5 cm³/mol. The van der Waals surface area contributed by atoms with Gasteiger partial charge >= 0.3 is 0 Å². The molecule has 0 radical (unpaired) electrons. The molecule has 22 heavy (non-hydrogen) atoms. The lowest BCUT2D eigenvalue weighted by Crippen LogP contribution is -2.43. The first-order chi connectivity index (χ1) is 10.6. The van der Waals surface area contributed by atoms with Crippen LogP contribution in [0.15, 0.2) is 29.3 Å². The number of carbonyl (C=O) groups excluding carboxylic acids is 1. The Morgan fingerprint density at radius 1 is 1.27 bits per heavy atom. The fourth-order valence-corrected chi connectivity index (χ4v) is 1.97. The van der Waals surface area contributed by atoms with E-state index < -0.39 is 0 Å². The summed E-state index contributed by atoms with van der Waals surface area (Å²) in [5.74, 6) is 0.533. The summed E-state index contributed by atoms with van der Waals surface area (Å²) in [5.41, 5.74) is 0.437. The van der Waals surface area contributed by atoms with Gasteiger partial charge in [-0.05, 0) is 24.1 Å². The minimum Gasteiger partial charge on any atom is -0.356 e. The molecule has 0 unspecified atom stereocenters. The van der Waals surface area contributed by atoms with E-state index in [0.717, 1.165) is 19.4 Å². The zero-order valence-corrected chi connectivity index (χ0v) is 13.4. The highest BCUT2D eigenvalue weighted by molar-refractivity contribution is 5.94. The number of nitrogens with zero attached hydrogens (tertiary/aromatic N) is 1. The van der Waals surface area contributed by atoms with Gasteiger partial charge in [-0.3, -0.25) is 9.79 Å². The van der Waals surface area contributed by atoms with E-state index in [-0.39, 0.29) is 18.3 Å². The molecule has 3 N–H and O–H groups in total. The highest BCUT2D eigenvalue weighted by Crippen LogP contribution is 2.08. The van der Waals surface area contributed by atoms with Crippen molar-refractivity contribution in [2.75, 3.05) is 25.5 Å². The number of nitrogens with one attached hydrogen (secondary N) is 3. The van der Waals surface area contributed by atoms with Crippen molar-refractivity contribution in [1.82, 2.24) is 10.6 Å². The Labute approximate surface area is 131 Å². The van der Waals surface area contributed by atoms with E-state index in [1.807, 2.05) is 0 Å². The molecule has 122 valence electrons. The van der Waals surface area contributed by atoms with Crippen LogP contribution in [0.5, 0.6) is 0 Å². The van der Waals surface area contributed by atoms with Gasteiger partial charge in [-0.1, -0.05) is 32.8 Å². The van der Waals surface area contributed by atoms with E-state index >= 15 is 0 Å². The maximum absolute atomic E-state index is 13.0. The average Bonchev–Trinajstić information content (AvgIpc) is 2.51. The van der Waals surface area contributed by atoms with E-state index in [1.54, 1.807) is 19.2 Å². The second-order valence-corrected chi connectivity index (χ2v) is 5.05. The van der Waals surface area contributed by atoms with E-state index in [4.69, 9.17) is 0 Å². The zero-order chi connectivity index (χ0) is 16.4. The molecule has 0 aliphatic carbocycles. The SMILES string of the molecule is CCC(CC)CNC(=NC)NCC(=O)Nc1cccc(F)c1. The smallest absolute Gasteiger partial charge is 0.243 e. The maximum Gasteiger partial charge on any atom is 0.243 e. The first-order valence-corrected chi connectivity index (χ1v) is 7.58. The first-order valence-electron chi connectivity index (χ1n) is 7.58. The summed E-state index contributed by atoms with van der Waals surface area (Å²) in [6, 6.07) is 5.80. The van der Waals surface area contributed by atoms with Crippen LogP contribution >= 0.6 is 0 Å². The molecule has 1 rings (SSSR count). The Morgan fingerprint density at radius 2 is 2.00 bits per heavy atom. The lowest BCUT2D eigenvalue weighted by molar-refractivity contribution is -0.115. The topological polar surface area (TPSA) is 65.5 Å². The van der Waals surface area contributed by atoms with Gasteiger partial charge in [0.2, 0.25) is 5.91 Å². The van der Waals surface area contributed by atoms with Gasteiger partial charge in [0.1, 0.15) is 5.82 Å². The molecule has 0 heterocycles. The monoisotopic (exact) mass is 308 g/mol. The molecule has 1 aromatic rings. The van der Waals surface area contributed by atoms with Gasteiger partial charge in [-0.2, -0.15) is 0 Å². The zero-order valence-electron chi connectivity index (χ0n) is 13.4. The van der Waals surface area contributed by atoms with Gasteiger partial charge < -0.3 is 16.0 Å². The number of guanidine groups is 1. The van der Waals surface area contributed by atoms with Crippen LogP contribution in [0, 0.1) is 11.7 Å². The largest absolute Gasteiger partial charge is 0.356 e. The quantitative estimate of drug-likeness (QED) is 0.535. The second-order valence-electron chi connectivity index (χ2n) is 5.05. The molecule has 1 amide bonds. The first kappa shape index (κ1) is 17.9. The van der Waals surface area contributed by atoms with Crippen molar-refractivity contribution in [2.45, 2.75) is 26.7 Å². The van der Waals surface area contributed by atoms with Crippen molar-refractivity contribution in [3.05, 3.63) is 30.1 Å². The minimum absolute atomic E-state index is 0.0686. The van der Waals surface area contributed by atoms with Crippen molar-refractivity contribution in [3.63, 3.8) is 0 Å². The van der Waals surface area contributed by atoms with Gasteiger partial charge in [0.25, 0.3) is 0 Å². The summed E-state index contributed by atoms with van der Waals surface area (Å²) in [6.45, 7) is 5.19. The second kappa shape index (κ2) is 9.76. The summed E-state index contributed by atoms with van der Waals surface area (Å²) < 4.78 is 13.0. The highest BCUT2D eigenvalue weighted by Gasteiger charge is 2.07. The number of aliphatic imine (C=N–C) groups is 1. The molecule has 0 saturated carbocycles. The Hall–Kier alpha value is -2.11. The number of amides is 1. The molecule has 5 nitrogen and oxygen atoms in total. The van der Waals surface area contributed by atoms with Crippen LogP contribution in [-0.4, -0.2) is 32.0 Å². The third kappa shape index (κ3) is 6.56. The molecule has 0 aliphatic heterocycles. The van der Waals surface area contributed by atoms with E-state index in [2.05, 4.69) is 34.8 Å². The van der Waals surface area contributed by atoms with Crippen molar-refractivity contribution < 1.29 is 9.18 Å². The van der Waals surface area contributed by atoms with Crippen LogP contribution in [0.2, 0.25) is 0 Å². The van der Waals surface area contributed by atoms with Crippen LogP contribution < -0.4 is 16.0 Å². The summed E-state index contributed by atoms with van der Waals surface area (Å²) in [4.78, 5) is 15.9. The number of halogens is 1. The molecule has 0 aliphatic rings. The van der Waals surface area contributed by atoms with Crippen LogP contribution in [0.1, 0.15) is 26.7 Å². The average molecular weight is 308 g/mol. The van der Waals surface area contributed by atoms with Crippen LogP contribution in [-0.2, 0) is 4.79 Å². The Balaban J connectivity index is 2.38. The molecular weight excluding hydrogens is 283 g/mol. The number of benzene rings is 1. The normalized spacial score (nSPS) is 11.4. The molecular formula is C16H25FN4O. The minimum atomic E-state index is -0.381. The fourth-order valence-electron chi connectivity index (χ4n) is 1.97. The summed E-state index contributed by atoms with van der Waals surface area (Å²) in [5, 5.41) is 8.76. The Bertz CT molecular complexity index is 501. The standard InChI is InChI=1S/C16H25FN4O/c1-4-12(5-2)10-19-16(18-3)20-11-15(22)21-14-8-6-7-13(17)9-14/h6-9,12H,4-5,10-11H2,1-3H3,(H,21,22)(H2,18,19,20). The third-order valence-corrected chi connectivity index (χ3v) is 3.46. The van der Waals surface area contributed by atoms with Crippen LogP contribution in [0.3, 0.4) is 0 Å². The lowest BCUT2D eigenvalue weighted by Gasteiger charge is -2.16. The van der Waals surface area contributed by atoms with Crippen molar-refractivity contribution in [2.24, 2.45) is 10.9 Å². The molecule has 0 bridgehead atoms. The molecule has 0 spiro atoms. The summed E-state index contributed by atoms with van der Waals surface area (Å²) in [6.07, 6.45) is 2.20. The number of rotatable bonds is 7. The molecule has 6 heteroatoms. The molecule has 0 atom stereocenters. The summed E-state index contributed by atoms with van der Waals surface area (Å²) >= 11 is 0. The number of anilines is 1. The van der Waals surface area contributed by atoms with Gasteiger partial charge in [0, 0.05) is 19.3 Å². The molecule has 0 aromatic heterocycles. The number of hydrogen-bond donors (Lipinski definition) is 3. The maximum atomic E-state index is 13.0. The summed E-state index contributed by atoms with van der Waals surface area (Å²) in [7, 11) is 1.66. The van der Waals surface area contributed by atoms with Crippen molar-refractivity contribution >= 4 is 17.6 Å². The van der Waals surface area contributed by atoms with Gasteiger partial charge in [0.05, 0.1) is 6.54 Å². The molecule has 0 saturated heterocycles. The number of hydrogen-bond acceptors (Lipinski definition) is 2. The Morgan fingerprint density at radius 3 is 2.59 bits per heavy atom. The van der Waals surface area contributed by atoms with Crippen LogP contribution in [0.4, 0.5) is 10.1 Å². The van der Waals surface area contributed by atoms with Gasteiger partial charge in [0.15, 0.2) is 5.96 Å². The van der Waals surface area contributed by atoms with E-state index in [0.29, 0.717) is 17.6 Å². The number of carbonyl (C=O) groups is 1. The molecule has 1 aromatic carbocycles. The van der Waals surface area contributed by atoms with Crippen molar-refractivity contribution in [1.29, 1.82) is 0 Å². The van der Waals surface area contributed by atoms with Gasteiger partial charge in [-0.15, -0.1) is 0 Å². The lowest BCUT2D eigenvalue weighted by atomic mass is 10.0. The predicted octanol–water partition coefficient (Wildman–Crippen LogP) is 2.37. The molecule has 0 fully saturated rings. The van der Waals surface area contributed by atoms with Crippen LogP contribution in [0.25, 0.3) is 0 Å². The van der Waals surface area contributed by atoms with Crippen molar-refractivity contribution in [3.8, 4) is 0 Å². The Kier molecular flexibility index (Phi) is 7.96. The highest BCUT2D eigenvalue weighted by atomic mass is 19.1. The fraction of sp³-hybridized carbons (Fsp3) is 0.500. The van der Waals surface area contributed by atoms with E-state index in [1.165, 1.54) is 12.1 Å². The third-order valence-electron chi connectivity index (χ3n) is 3.46. The van der Waals surface area contributed by atoms with Gasteiger partial charge in [-0.25, -0.2) is 4.39 Å². The van der Waals surface area contributed by atoms with E-state index in [9.17, 15) is 9.18 Å².